The van der Waals surface area contributed by atoms with E-state index >= 15 is 0 Å². The molecule has 0 aliphatic heterocycles. The van der Waals surface area contributed by atoms with Crippen LogP contribution in [0, 0.1) is 17.7 Å². The van der Waals surface area contributed by atoms with Crippen molar-refractivity contribution in [2.24, 2.45) is 0 Å². The highest BCUT2D eigenvalue weighted by atomic mass is 19.1. The molecule has 1 N–H and O–H groups in total. The molecule has 0 spiro atoms. The van der Waals surface area contributed by atoms with Crippen LogP contribution in [0.15, 0.2) is 18.2 Å². The number of carbonyl (C=O) groups is 2. The smallest absolute Gasteiger partial charge is 0.382 e. The molecule has 0 saturated carbocycles. The maximum Gasteiger partial charge on any atom is 0.382 e. The minimum atomic E-state index is -1.35. The average Bonchev–Trinajstić information content (AvgIpc) is 2.16. The van der Waals surface area contributed by atoms with Gasteiger partial charge in [0, 0.05) is 5.92 Å². The molecule has 0 atom stereocenters. The number of rotatable bonds is 1. The summed E-state index contributed by atoms with van der Waals surface area (Å²) in [6.45, 7) is 0. The molecule has 1 aromatic rings. The van der Waals surface area contributed by atoms with Gasteiger partial charge in [0.1, 0.15) is 5.82 Å². The Morgan fingerprint density at radius 1 is 1.50 bits per heavy atom. The first-order valence-electron chi connectivity index (χ1n) is 3.64. The number of hydrogen-bond acceptors (Lipinski definition) is 2. The Hall–Kier alpha value is -2.15. The van der Waals surface area contributed by atoms with Gasteiger partial charge in [-0.25, -0.2) is 9.18 Å². The molecule has 0 aliphatic carbocycles. The van der Waals surface area contributed by atoms with E-state index < -0.39 is 11.8 Å². The van der Waals surface area contributed by atoms with Crippen LogP contribution >= 0.6 is 0 Å². The zero-order valence-electron chi connectivity index (χ0n) is 6.95. The van der Waals surface area contributed by atoms with Crippen molar-refractivity contribution >= 4 is 12.3 Å². The Morgan fingerprint density at radius 3 is 2.79 bits per heavy atom. The van der Waals surface area contributed by atoms with Crippen LogP contribution in [0.1, 0.15) is 15.9 Å². The number of carboxylic acid groups (broad SMARTS) is 1. The van der Waals surface area contributed by atoms with Crippen molar-refractivity contribution in [3.63, 3.8) is 0 Å². The first-order valence-corrected chi connectivity index (χ1v) is 3.64. The van der Waals surface area contributed by atoms with E-state index in [1.807, 2.05) is 0 Å². The van der Waals surface area contributed by atoms with Gasteiger partial charge in [-0.05, 0) is 12.1 Å². The maximum absolute atomic E-state index is 13.2. The summed E-state index contributed by atoms with van der Waals surface area (Å²) in [6, 6.07) is 4.02. The number of halogens is 1. The summed E-state index contributed by atoms with van der Waals surface area (Å²) in [5.41, 5.74) is -0.237. The second-order valence-corrected chi connectivity index (χ2v) is 2.38. The van der Waals surface area contributed by atoms with E-state index in [1.54, 1.807) is 5.92 Å². The molecule has 14 heavy (non-hydrogen) atoms. The van der Waals surface area contributed by atoms with Crippen LogP contribution in [0.3, 0.4) is 0 Å². The summed E-state index contributed by atoms with van der Waals surface area (Å²) in [5.74, 6) is 1.73. The number of hydrogen-bond donors (Lipinski definition) is 1. The van der Waals surface area contributed by atoms with Gasteiger partial charge in [-0.3, -0.25) is 4.79 Å². The quantitative estimate of drug-likeness (QED) is 0.535. The molecule has 0 radical (unpaired) electrons. The van der Waals surface area contributed by atoms with E-state index in [9.17, 15) is 14.0 Å². The van der Waals surface area contributed by atoms with Gasteiger partial charge < -0.3 is 5.11 Å². The van der Waals surface area contributed by atoms with Crippen molar-refractivity contribution in [3.05, 3.63) is 35.1 Å². The van der Waals surface area contributed by atoms with Gasteiger partial charge in [0.15, 0.2) is 6.29 Å². The molecule has 0 bridgehead atoms. The summed E-state index contributed by atoms with van der Waals surface area (Å²) in [4.78, 5) is 20.4. The molecular weight excluding hydrogens is 187 g/mol. The topological polar surface area (TPSA) is 54.4 Å². The summed E-state index contributed by atoms with van der Waals surface area (Å²) >= 11 is 0. The zero-order valence-corrected chi connectivity index (χ0v) is 6.95. The highest BCUT2D eigenvalue weighted by Gasteiger charge is 2.04. The van der Waals surface area contributed by atoms with Crippen molar-refractivity contribution in [2.75, 3.05) is 0 Å². The van der Waals surface area contributed by atoms with Crippen LogP contribution < -0.4 is 0 Å². The van der Waals surface area contributed by atoms with Crippen LogP contribution in [0.25, 0.3) is 0 Å². The predicted octanol–water partition coefficient (Wildman–Crippen LogP) is 1.07. The third-order valence-corrected chi connectivity index (χ3v) is 1.46. The molecule has 0 heterocycles. The highest BCUT2D eigenvalue weighted by molar-refractivity contribution is 5.87. The normalized spacial score (nSPS) is 8.64. The minimum Gasteiger partial charge on any atom is -0.472 e. The summed E-state index contributed by atoms with van der Waals surface area (Å²) < 4.78 is 13.2. The SMILES string of the molecule is O=Cc1cccc(C#CC(=O)O)c1F. The van der Waals surface area contributed by atoms with Gasteiger partial charge >= 0.3 is 5.97 Å². The van der Waals surface area contributed by atoms with E-state index in [1.165, 1.54) is 18.2 Å². The van der Waals surface area contributed by atoms with E-state index in [4.69, 9.17) is 5.11 Å². The Bertz CT molecular complexity index is 440. The summed E-state index contributed by atoms with van der Waals surface area (Å²) in [7, 11) is 0. The summed E-state index contributed by atoms with van der Waals surface area (Å²) in [5, 5.41) is 8.23. The number of carboxylic acids is 1. The first kappa shape index (κ1) is 9.93. The lowest BCUT2D eigenvalue weighted by atomic mass is 10.1. The molecule has 70 valence electrons. The largest absolute Gasteiger partial charge is 0.472 e. The predicted molar refractivity (Wildman–Crippen MR) is 46.3 cm³/mol. The molecular formula is C10H5FO3. The Morgan fingerprint density at radius 2 is 2.21 bits per heavy atom. The highest BCUT2D eigenvalue weighted by Crippen LogP contribution is 2.09. The molecule has 0 aliphatic rings. The molecule has 3 nitrogen and oxygen atoms in total. The number of benzene rings is 1. The average molecular weight is 192 g/mol. The van der Waals surface area contributed by atoms with Gasteiger partial charge in [-0.2, -0.15) is 0 Å². The fourth-order valence-corrected chi connectivity index (χ4v) is 0.858. The van der Waals surface area contributed by atoms with E-state index in [0.29, 0.717) is 6.29 Å². The molecule has 0 amide bonds. The molecule has 1 aromatic carbocycles. The van der Waals surface area contributed by atoms with Gasteiger partial charge in [0.2, 0.25) is 0 Å². The van der Waals surface area contributed by atoms with Crippen molar-refractivity contribution in [1.29, 1.82) is 0 Å². The van der Waals surface area contributed by atoms with Crippen molar-refractivity contribution < 1.29 is 19.1 Å². The lowest BCUT2D eigenvalue weighted by Crippen LogP contribution is -1.93. The third-order valence-electron chi connectivity index (χ3n) is 1.46. The summed E-state index contributed by atoms with van der Waals surface area (Å²) in [6.07, 6.45) is 0.348. The van der Waals surface area contributed by atoms with Crippen LogP contribution in [-0.4, -0.2) is 17.4 Å². The fraction of sp³-hybridized carbons (Fsp3) is 0. The van der Waals surface area contributed by atoms with E-state index in [-0.39, 0.29) is 11.1 Å². The second-order valence-electron chi connectivity index (χ2n) is 2.38. The van der Waals surface area contributed by atoms with Gasteiger partial charge in [-0.1, -0.05) is 12.0 Å². The lowest BCUT2D eigenvalue weighted by Gasteiger charge is -1.95. The minimum absolute atomic E-state index is 0.1000. The standard InChI is InChI=1S/C10H5FO3/c11-10-7(4-5-9(13)14)2-1-3-8(10)6-12/h1-3,6H,(H,13,14). The first-order chi connectivity index (χ1) is 6.65. The van der Waals surface area contributed by atoms with Crippen LogP contribution in [0.4, 0.5) is 4.39 Å². The van der Waals surface area contributed by atoms with Crippen molar-refractivity contribution in [1.82, 2.24) is 0 Å². The lowest BCUT2D eigenvalue weighted by molar-refractivity contribution is -0.130. The molecule has 0 aromatic heterocycles. The number of aldehydes is 1. The second kappa shape index (κ2) is 4.19. The van der Waals surface area contributed by atoms with E-state index in [2.05, 4.69) is 5.92 Å². The van der Waals surface area contributed by atoms with Crippen LogP contribution in [0.2, 0.25) is 0 Å². The molecule has 1 rings (SSSR count). The van der Waals surface area contributed by atoms with Crippen LogP contribution in [0.5, 0.6) is 0 Å². The number of aliphatic carboxylic acids is 1. The van der Waals surface area contributed by atoms with Gasteiger partial charge in [0.05, 0.1) is 11.1 Å². The van der Waals surface area contributed by atoms with Gasteiger partial charge in [0.25, 0.3) is 0 Å². The Balaban J connectivity index is 3.18. The van der Waals surface area contributed by atoms with Crippen LogP contribution in [-0.2, 0) is 4.79 Å². The molecule has 4 heteroatoms. The van der Waals surface area contributed by atoms with E-state index in [0.717, 1.165) is 0 Å². The third kappa shape index (κ3) is 2.17. The number of carbonyl (C=O) groups excluding carboxylic acids is 1. The Labute approximate surface area is 79.2 Å². The zero-order chi connectivity index (χ0) is 10.6. The Kier molecular flexibility index (Phi) is 2.97. The molecule has 0 saturated heterocycles. The molecule has 0 unspecified atom stereocenters. The maximum atomic E-state index is 13.2. The van der Waals surface area contributed by atoms with Crippen molar-refractivity contribution in [2.45, 2.75) is 0 Å². The monoisotopic (exact) mass is 192 g/mol. The molecule has 0 fully saturated rings. The fourth-order valence-electron chi connectivity index (χ4n) is 0.858. The van der Waals surface area contributed by atoms with Gasteiger partial charge in [-0.15, -0.1) is 0 Å². The van der Waals surface area contributed by atoms with Crippen molar-refractivity contribution in [3.8, 4) is 11.8 Å².